The zero-order valence-electron chi connectivity index (χ0n) is 18.6. The van der Waals surface area contributed by atoms with Gasteiger partial charge in [-0.3, -0.25) is 9.59 Å². The van der Waals surface area contributed by atoms with Gasteiger partial charge in [-0.05, 0) is 62.4 Å². The molecule has 0 aliphatic carbocycles. The number of carbonyl (C=O) groups excluding carboxylic acids is 2. The Hall–Kier alpha value is -3.06. The first kappa shape index (κ1) is 22.6. The van der Waals surface area contributed by atoms with Gasteiger partial charge in [0.2, 0.25) is 5.91 Å². The van der Waals surface area contributed by atoms with E-state index in [1.54, 1.807) is 7.05 Å². The van der Waals surface area contributed by atoms with Gasteiger partial charge in [-0.15, -0.1) is 0 Å². The molecule has 0 bridgehead atoms. The van der Waals surface area contributed by atoms with Crippen LogP contribution in [0.2, 0.25) is 0 Å². The molecule has 2 aromatic rings. The maximum Gasteiger partial charge on any atom is 0.254 e. The van der Waals surface area contributed by atoms with E-state index in [-0.39, 0.29) is 18.4 Å². The van der Waals surface area contributed by atoms with Crippen molar-refractivity contribution in [2.45, 2.75) is 13.8 Å². The lowest BCUT2D eigenvalue weighted by atomic mass is 10.1. The van der Waals surface area contributed by atoms with E-state index in [2.05, 4.69) is 29.0 Å². The summed E-state index contributed by atoms with van der Waals surface area (Å²) in [5.41, 5.74) is 3.48. The van der Waals surface area contributed by atoms with Crippen molar-refractivity contribution in [3.8, 4) is 0 Å². The molecule has 0 saturated carbocycles. The van der Waals surface area contributed by atoms with E-state index < -0.39 is 0 Å². The summed E-state index contributed by atoms with van der Waals surface area (Å²) in [7, 11) is 1.64. The fraction of sp³-hybridized carbons (Fsp3) is 0.417. The van der Waals surface area contributed by atoms with Crippen molar-refractivity contribution in [2.24, 2.45) is 0 Å². The maximum absolute atomic E-state index is 12.7. The summed E-state index contributed by atoms with van der Waals surface area (Å²) in [6.07, 6.45) is 0. The predicted molar refractivity (Wildman–Crippen MR) is 125 cm³/mol. The van der Waals surface area contributed by atoms with Crippen molar-refractivity contribution < 1.29 is 14.3 Å². The minimum absolute atomic E-state index is 0.0121. The predicted octanol–water partition coefficient (Wildman–Crippen LogP) is 3.08. The number of hydrogen-bond acceptors (Lipinski definition) is 5. The molecule has 7 nitrogen and oxygen atoms in total. The molecule has 1 fully saturated rings. The summed E-state index contributed by atoms with van der Waals surface area (Å²) in [6, 6.07) is 15.3. The quantitative estimate of drug-likeness (QED) is 0.706. The third-order valence-corrected chi connectivity index (χ3v) is 5.50. The molecule has 7 heteroatoms. The van der Waals surface area contributed by atoms with E-state index in [0.717, 1.165) is 50.8 Å². The number of nitrogens with zero attached hydrogens (tertiary/aromatic N) is 3. The molecule has 0 aromatic heterocycles. The van der Waals surface area contributed by atoms with Gasteiger partial charge < -0.3 is 24.8 Å². The van der Waals surface area contributed by atoms with Gasteiger partial charge in [0.15, 0.2) is 0 Å². The lowest BCUT2D eigenvalue weighted by Crippen LogP contribution is -2.36. The molecule has 1 aliphatic rings. The van der Waals surface area contributed by atoms with Gasteiger partial charge in [0, 0.05) is 55.9 Å². The maximum atomic E-state index is 12.7. The van der Waals surface area contributed by atoms with E-state index in [1.807, 2.05) is 48.5 Å². The topological polar surface area (TPSA) is 65.1 Å². The molecule has 0 radical (unpaired) electrons. The first-order valence-corrected chi connectivity index (χ1v) is 10.8. The first-order valence-electron chi connectivity index (χ1n) is 10.8. The Bertz CT molecular complexity index is 857. The van der Waals surface area contributed by atoms with Gasteiger partial charge in [0.1, 0.15) is 0 Å². The Balaban J connectivity index is 1.53. The zero-order valence-corrected chi connectivity index (χ0v) is 18.6. The Morgan fingerprint density at radius 1 is 0.968 bits per heavy atom. The molecule has 0 unspecified atom stereocenters. The van der Waals surface area contributed by atoms with Crippen LogP contribution in [0.1, 0.15) is 24.2 Å². The molecule has 1 saturated heterocycles. The number of morpholine rings is 1. The minimum atomic E-state index is -0.227. The van der Waals surface area contributed by atoms with Crippen LogP contribution in [0.4, 0.5) is 17.1 Å². The fourth-order valence-corrected chi connectivity index (χ4v) is 3.69. The number of ether oxygens (including phenoxy) is 1. The van der Waals surface area contributed by atoms with Crippen LogP contribution < -0.4 is 15.1 Å². The number of carbonyl (C=O) groups is 2. The normalized spacial score (nSPS) is 13.6. The fourth-order valence-electron chi connectivity index (χ4n) is 3.69. The Morgan fingerprint density at radius 2 is 1.58 bits per heavy atom. The van der Waals surface area contributed by atoms with Gasteiger partial charge in [0.05, 0.1) is 19.8 Å². The molecule has 0 atom stereocenters. The second kappa shape index (κ2) is 10.8. The molecule has 2 aromatic carbocycles. The average Bonchev–Trinajstić information content (AvgIpc) is 2.81. The summed E-state index contributed by atoms with van der Waals surface area (Å²) in [4.78, 5) is 31.0. The molecular formula is C24H32N4O3. The number of amides is 2. The number of rotatable bonds is 8. The Labute approximate surface area is 184 Å². The molecule has 166 valence electrons. The van der Waals surface area contributed by atoms with Crippen LogP contribution >= 0.6 is 0 Å². The lowest BCUT2D eigenvalue weighted by molar-refractivity contribution is -0.116. The van der Waals surface area contributed by atoms with E-state index >= 15 is 0 Å². The van der Waals surface area contributed by atoms with Crippen LogP contribution in [0.15, 0.2) is 48.5 Å². The molecule has 1 N–H and O–H groups in total. The van der Waals surface area contributed by atoms with Crippen molar-refractivity contribution in [1.82, 2.24) is 4.90 Å². The van der Waals surface area contributed by atoms with E-state index in [1.165, 1.54) is 4.90 Å². The van der Waals surface area contributed by atoms with Crippen LogP contribution in [0.5, 0.6) is 0 Å². The van der Waals surface area contributed by atoms with Crippen molar-refractivity contribution in [3.05, 3.63) is 54.1 Å². The number of hydrogen-bond donors (Lipinski definition) is 1. The van der Waals surface area contributed by atoms with E-state index in [0.29, 0.717) is 11.3 Å². The van der Waals surface area contributed by atoms with Gasteiger partial charge in [-0.2, -0.15) is 0 Å². The van der Waals surface area contributed by atoms with Crippen molar-refractivity contribution in [3.63, 3.8) is 0 Å². The highest BCUT2D eigenvalue weighted by molar-refractivity contribution is 5.99. The molecular weight excluding hydrogens is 392 g/mol. The summed E-state index contributed by atoms with van der Waals surface area (Å²) in [6.45, 7) is 9.23. The first-order chi connectivity index (χ1) is 15.0. The van der Waals surface area contributed by atoms with Crippen LogP contribution in [0.25, 0.3) is 0 Å². The minimum Gasteiger partial charge on any atom is -0.378 e. The highest BCUT2D eigenvalue weighted by Gasteiger charge is 2.16. The molecule has 2 amide bonds. The molecule has 1 heterocycles. The van der Waals surface area contributed by atoms with Gasteiger partial charge in [-0.25, -0.2) is 0 Å². The number of anilines is 3. The zero-order chi connectivity index (χ0) is 22.2. The summed E-state index contributed by atoms with van der Waals surface area (Å²) < 4.78 is 5.38. The summed E-state index contributed by atoms with van der Waals surface area (Å²) in [5.74, 6) is -0.404. The van der Waals surface area contributed by atoms with Gasteiger partial charge in [0.25, 0.3) is 5.91 Å². The highest BCUT2D eigenvalue weighted by Crippen LogP contribution is 2.19. The van der Waals surface area contributed by atoms with Crippen LogP contribution in [0, 0.1) is 0 Å². The average molecular weight is 425 g/mol. The Morgan fingerprint density at radius 3 is 2.16 bits per heavy atom. The monoisotopic (exact) mass is 424 g/mol. The number of benzene rings is 2. The van der Waals surface area contributed by atoms with E-state index in [9.17, 15) is 9.59 Å². The summed E-state index contributed by atoms with van der Waals surface area (Å²) in [5, 5.41) is 2.87. The molecule has 1 aliphatic heterocycles. The van der Waals surface area contributed by atoms with Crippen LogP contribution in [-0.2, 0) is 9.53 Å². The second-order valence-electron chi connectivity index (χ2n) is 7.57. The van der Waals surface area contributed by atoms with Gasteiger partial charge in [-0.1, -0.05) is 0 Å². The van der Waals surface area contributed by atoms with Gasteiger partial charge >= 0.3 is 0 Å². The van der Waals surface area contributed by atoms with Crippen molar-refractivity contribution >= 4 is 28.9 Å². The van der Waals surface area contributed by atoms with Crippen molar-refractivity contribution in [2.75, 3.05) is 68.1 Å². The number of likely N-dealkylation sites (N-methyl/N-ethyl adjacent to an activating group) is 1. The molecule has 31 heavy (non-hydrogen) atoms. The van der Waals surface area contributed by atoms with E-state index in [4.69, 9.17) is 4.74 Å². The SMILES string of the molecule is CCN(CC)c1ccc(C(=O)N(C)CC(=O)Nc2ccc(N3CCOCC3)cc2)cc1. The molecule has 3 rings (SSSR count). The Kier molecular flexibility index (Phi) is 7.89. The lowest BCUT2D eigenvalue weighted by Gasteiger charge is -2.28. The van der Waals surface area contributed by atoms with Crippen molar-refractivity contribution in [1.29, 1.82) is 0 Å². The largest absolute Gasteiger partial charge is 0.378 e. The summed E-state index contributed by atoms with van der Waals surface area (Å²) >= 11 is 0. The smallest absolute Gasteiger partial charge is 0.254 e. The van der Waals surface area contributed by atoms with Crippen LogP contribution in [-0.4, -0.2) is 69.7 Å². The number of nitrogens with one attached hydrogen (secondary N) is 1. The third-order valence-electron chi connectivity index (χ3n) is 5.50. The standard InChI is InChI=1S/C24H32N4O3/c1-4-27(5-2)21-10-6-19(7-11-21)24(30)26(3)18-23(29)25-20-8-12-22(13-9-20)28-14-16-31-17-15-28/h6-13H,4-5,14-18H2,1-3H3,(H,25,29). The van der Waals surface area contributed by atoms with Crippen LogP contribution in [0.3, 0.4) is 0 Å². The third kappa shape index (κ3) is 5.98. The second-order valence-corrected chi connectivity index (χ2v) is 7.57. The highest BCUT2D eigenvalue weighted by atomic mass is 16.5. The molecule has 0 spiro atoms.